The van der Waals surface area contributed by atoms with Crippen molar-refractivity contribution in [3.8, 4) is 0 Å². The number of benzene rings is 1. The molecular weight excluding hydrogens is 264 g/mol. The lowest BCUT2D eigenvalue weighted by Crippen LogP contribution is -2.10. The van der Waals surface area contributed by atoms with E-state index in [9.17, 15) is 17.2 Å². The number of nitrogens with zero attached hydrogens (tertiary/aromatic N) is 2. The predicted molar refractivity (Wildman–Crippen MR) is 64.2 cm³/mol. The Hall–Kier alpha value is -1.70. The maximum Gasteiger partial charge on any atom is 0.257 e. The number of aromatic nitrogens is 2. The zero-order valence-electron chi connectivity index (χ0n) is 9.47. The van der Waals surface area contributed by atoms with Gasteiger partial charge in [0.2, 0.25) is 10.0 Å². The van der Waals surface area contributed by atoms with Gasteiger partial charge >= 0.3 is 0 Å². The molecule has 0 aliphatic heterocycles. The van der Waals surface area contributed by atoms with E-state index >= 15 is 0 Å². The molecule has 1 N–H and O–H groups in total. The minimum Gasteiger partial charge on any atom is -0.283 e. The molecule has 2 rings (SSSR count). The first-order valence-corrected chi connectivity index (χ1v) is 6.96. The third-order valence-corrected chi connectivity index (χ3v) is 2.88. The quantitative estimate of drug-likeness (QED) is 0.923. The summed E-state index contributed by atoms with van der Waals surface area (Å²) in [5, 5.41) is 4.32. The fourth-order valence-corrected chi connectivity index (χ4v) is 2.25. The van der Waals surface area contributed by atoms with Gasteiger partial charge in [-0.05, 0) is 12.1 Å². The molecule has 0 unspecified atom stereocenters. The number of rotatable bonds is 4. The number of halogens is 2. The molecule has 1 aromatic heterocycles. The molecule has 0 atom stereocenters. The highest BCUT2D eigenvalue weighted by molar-refractivity contribution is 7.92. The smallest absolute Gasteiger partial charge is 0.257 e. The van der Waals surface area contributed by atoms with E-state index in [0.717, 1.165) is 10.9 Å². The summed E-state index contributed by atoms with van der Waals surface area (Å²) in [5.74, 6) is 0. The number of anilines is 1. The largest absolute Gasteiger partial charge is 0.283 e. The van der Waals surface area contributed by atoms with Crippen molar-refractivity contribution in [2.75, 3.05) is 11.0 Å². The first-order valence-electron chi connectivity index (χ1n) is 5.07. The van der Waals surface area contributed by atoms with Gasteiger partial charge in [0.1, 0.15) is 6.54 Å². The maximum absolute atomic E-state index is 12.3. The molecule has 0 radical (unpaired) electrons. The van der Waals surface area contributed by atoms with E-state index < -0.39 is 23.0 Å². The lowest BCUT2D eigenvalue weighted by Gasteiger charge is -2.06. The number of sulfonamides is 1. The van der Waals surface area contributed by atoms with E-state index in [1.807, 2.05) is 0 Å². The Morgan fingerprint density at radius 2 is 2.17 bits per heavy atom. The summed E-state index contributed by atoms with van der Waals surface area (Å²) >= 11 is 0. The van der Waals surface area contributed by atoms with Gasteiger partial charge in [-0.1, -0.05) is 6.07 Å². The van der Waals surface area contributed by atoms with E-state index in [2.05, 4.69) is 9.82 Å². The Balaban J connectivity index is 2.48. The van der Waals surface area contributed by atoms with E-state index in [1.165, 1.54) is 6.20 Å². The summed E-state index contributed by atoms with van der Waals surface area (Å²) < 4.78 is 50.5. The van der Waals surface area contributed by atoms with Gasteiger partial charge in [-0.25, -0.2) is 17.2 Å². The molecule has 1 heterocycles. The van der Waals surface area contributed by atoms with Crippen LogP contribution in [0, 0.1) is 0 Å². The van der Waals surface area contributed by atoms with Crippen LogP contribution in [0.3, 0.4) is 0 Å². The fourth-order valence-electron chi connectivity index (χ4n) is 1.67. The molecule has 0 fully saturated rings. The van der Waals surface area contributed by atoms with Gasteiger partial charge in [-0.2, -0.15) is 5.10 Å². The van der Waals surface area contributed by atoms with Gasteiger partial charge in [-0.3, -0.25) is 9.40 Å². The molecule has 0 bridgehead atoms. The molecule has 98 valence electrons. The molecule has 0 amide bonds. The normalized spacial score (nSPS) is 12.2. The third kappa shape index (κ3) is 2.76. The highest BCUT2D eigenvalue weighted by Gasteiger charge is 2.12. The second-order valence-electron chi connectivity index (χ2n) is 3.83. The van der Waals surface area contributed by atoms with E-state index in [1.54, 1.807) is 18.2 Å². The van der Waals surface area contributed by atoms with Crippen LogP contribution in [0.5, 0.6) is 0 Å². The van der Waals surface area contributed by atoms with Gasteiger partial charge in [0.25, 0.3) is 6.43 Å². The van der Waals surface area contributed by atoms with Crippen molar-refractivity contribution in [3.05, 3.63) is 24.4 Å². The monoisotopic (exact) mass is 275 g/mol. The molecule has 5 nitrogen and oxygen atoms in total. The molecule has 0 aliphatic carbocycles. The van der Waals surface area contributed by atoms with Gasteiger partial charge in [0, 0.05) is 5.39 Å². The lowest BCUT2D eigenvalue weighted by atomic mass is 10.2. The predicted octanol–water partition coefficient (Wildman–Crippen LogP) is 1.67. The van der Waals surface area contributed by atoms with Crippen LogP contribution in [-0.2, 0) is 16.6 Å². The minimum atomic E-state index is -3.42. The van der Waals surface area contributed by atoms with Crippen molar-refractivity contribution in [2.45, 2.75) is 13.0 Å². The Kier molecular flexibility index (Phi) is 3.20. The van der Waals surface area contributed by atoms with Crippen molar-refractivity contribution in [1.82, 2.24) is 9.78 Å². The molecule has 18 heavy (non-hydrogen) atoms. The molecule has 8 heteroatoms. The maximum atomic E-state index is 12.3. The van der Waals surface area contributed by atoms with Crippen LogP contribution in [0.25, 0.3) is 10.9 Å². The minimum absolute atomic E-state index is 0.329. The van der Waals surface area contributed by atoms with Crippen LogP contribution >= 0.6 is 0 Å². The summed E-state index contributed by atoms with van der Waals surface area (Å²) in [5.41, 5.74) is 0.791. The van der Waals surface area contributed by atoms with E-state index in [-0.39, 0.29) is 0 Å². The van der Waals surface area contributed by atoms with Crippen LogP contribution in [0.4, 0.5) is 14.5 Å². The zero-order chi connectivity index (χ0) is 13.3. The molecule has 0 saturated carbocycles. The molecule has 0 aliphatic rings. The number of hydrogen-bond acceptors (Lipinski definition) is 3. The fraction of sp³-hybridized carbons (Fsp3) is 0.300. The Morgan fingerprint density at radius 1 is 1.44 bits per heavy atom. The van der Waals surface area contributed by atoms with Crippen molar-refractivity contribution >= 4 is 26.6 Å². The summed E-state index contributed by atoms with van der Waals surface area (Å²) in [6, 6.07) is 4.75. The van der Waals surface area contributed by atoms with Gasteiger partial charge in [0.15, 0.2) is 0 Å². The summed E-state index contributed by atoms with van der Waals surface area (Å²) in [6.45, 7) is -0.522. The van der Waals surface area contributed by atoms with Gasteiger partial charge < -0.3 is 0 Å². The molecule has 2 aromatic rings. The van der Waals surface area contributed by atoms with Crippen molar-refractivity contribution in [1.29, 1.82) is 0 Å². The van der Waals surface area contributed by atoms with Gasteiger partial charge in [0.05, 0.1) is 23.7 Å². The summed E-state index contributed by atoms with van der Waals surface area (Å²) in [7, 11) is -3.42. The van der Waals surface area contributed by atoms with Gasteiger partial charge in [-0.15, -0.1) is 0 Å². The topological polar surface area (TPSA) is 64.0 Å². The second-order valence-corrected chi connectivity index (χ2v) is 5.58. The summed E-state index contributed by atoms with van der Waals surface area (Å²) in [4.78, 5) is 0. The van der Waals surface area contributed by atoms with Crippen LogP contribution in [0.2, 0.25) is 0 Å². The SMILES string of the molecule is CS(=O)(=O)Nc1cccc2c1cnn2CC(F)F. The number of fused-ring (bicyclic) bond motifs is 1. The number of hydrogen-bond donors (Lipinski definition) is 1. The Morgan fingerprint density at radius 3 is 2.78 bits per heavy atom. The summed E-state index contributed by atoms with van der Waals surface area (Å²) in [6.07, 6.45) is -0.125. The average Bonchev–Trinajstić information content (AvgIpc) is 2.60. The van der Waals surface area contributed by atoms with Crippen LogP contribution in [0.15, 0.2) is 24.4 Å². The second kappa shape index (κ2) is 4.52. The van der Waals surface area contributed by atoms with Crippen LogP contribution in [-0.4, -0.2) is 30.9 Å². The first-order chi connectivity index (χ1) is 8.37. The number of nitrogens with one attached hydrogen (secondary N) is 1. The highest BCUT2D eigenvalue weighted by atomic mass is 32.2. The molecular formula is C10H11F2N3O2S. The Bertz CT molecular complexity index is 667. The molecule has 0 spiro atoms. The highest BCUT2D eigenvalue weighted by Crippen LogP contribution is 2.24. The van der Waals surface area contributed by atoms with E-state index in [0.29, 0.717) is 16.6 Å². The molecule has 1 aromatic carbocycles. The first kappa shape index (κ1) is 12.7. The zero-order valence-corrected chi connectivity index (χ0v) is 10.3. The standard InChI is InChI=1S/C10H11F2N3O2S/c1-18(16,17)14-8-3-2-4-9-7(8)5-13-15(9)6-10(11)12/h2-5,10,14H,6H2,1H3. The van der Waals surface area contributed by atoms with Crippen molar-refractivity contribution in [2.24, 2.45) is 0 Å². The van der Waals surface area contributed by atoms with Crippen LogP contribution in [0.1, 0.15) is 0 Å². The van der Waals surface area contributed by atoms with Crippen molar-refractivity contribution in [3.63, 3.8) is 0 Å². The van der Waals surface area contributed by atoms with E-state index in [4.69, 9.17) is 0 Å². The van der Waals surface area contributed by atoms with Crippen molar-refractivity contribution < 1.29 is 17.2 Å². The lowest BCUT2D eigenvalue weighted by molar-refractivity contribution is 0.123. The van der Waals surface area contributed by atoms with Crippen LogP contribution < -0.4 is 4.72 Å². The molecule has 0 saturated heterocycles. The average molecular weight is 275 g/mol. The Labute approximate surface area is 102 Å². The number of alkyl halides is 2. The third-order valence-electron chi connectivity index (χ3n) is 2.29.